The van der Waals surface area contributed by atoms with Crippen molar-refractivity contribution in [2.75, 3.05) is 0 Å². The predicted octanol–water partition coefficient (Wildman–Crippen LogP) is 1.14. The second-order valence-corrected chi connectivity index (χ2v) is 6.01. The number of fused-ring (bicyclic) bond motifs is 1. The van der Waals surface area contributed by atoms with Crippen LogP contribution in [0.5, 0.6) is 0 Å². The zero-order valence-electron chi connectivity index (χ0n) is 6.47. The van der Waals surface area contributed by atoms with E-state index in [2.05, 4.69) is 0 Å². The fourth-order valence-electron chi connectivity index (χ4n) is 1.10. The van der Waals surface area contributed by atoms with Gasteiger partial charge in [-0.25, -0.2) is 0 Å². The molecule has 1 aromatic carbocycles. The van der Waals surface area contributed by atoms with Crippen LogP contribution >= 0.6 is 0 Å². The van der Waals surface area contributed by atoms with Gasteiger partial charge in [-0.15, -0.1) is 0 Å². The molecule has 0 radical (unpaired) electrons. The summed E-state index contributed by atoms with van der Waals surface area (Å²) in [4.78, 5) is 2.00. The van der Waals surface area contributed by atoms with Gasteiger partial charge in [0.15, 0.2) is 0 Å². The summed E-state index contributed by atoms with van der Waals surface area (Å²) in [5.41, 5.74) is 0. The van der Waals surface area contributed by atoms with Gasteiger partial charge >= 0.3 is 81.3 Å². The third kappa shape index (κ3) is 1.69. The summed E-state index contributed by atoms with van der Waals surface area (Å²) in [7, 11) is -4.04. The van der Waals surface area contributed by atoms with E-state index in [0.717, 1.165) is 9.65 Å². The van der Waals surface area contributed by atoms with Gasteiger partial charge in [0.1, 0.15) is 0 Å². The Bertz CT molecular complexity index is 541. The normalized spacial score (nSPS) is 12.1. The molecule has 0 bridgehead atoms. The van der Waals surface area contributed by atoms with Crippen LogP contribution < -0.4 is 0 Å². The SMILES string of the molecule is O=S(=O)(O)c1ccc2cc[se]c2c1. The van der Waals surface area contributed by atoms with E-state index in [-0.39, 0.29) is 19.4 Å². The monoisotopic (exact) mass is 262 g/mol. The Morgan fingerprint density at radius 2 is 2.00 bits per heavy atom. The van der Waals surface area contributed by atoms with Gasteiger partial charge in [0, 0.05) is 0 Å². The molecule has 1 heterocycles. The van der Waals surface area contributed by atoms with Crippen LogP contribution in [-0.4, -0.2) is 27.5 Å². The topological polar surface area (TPSA) is 54.4 Å². The van der Waals surface area contributed by atoms with E-state index in [1.807, 2.05) is 11.0 Å². The Morgan fingerprint density at radius 1 is 1.23 bits per heavy atom. The fraction of sp³-hybridized carbons (Fsp3) is 0. The number of rotatable bonds is 1. The van der Waals surface area contributed by atoms with Crippen molar-refractivity contribution in [3.05, 3.63) is 29.2 Å². The molecule has 5 heteroatoms. The van der Waals surface area contributed by atoms with Crippen molar-refractivity contribution in [3.63, 3.8) is 0 Å². The van der Waals surface area contributed by atoms with Crippen molar-refractivity contribution in [3.8, 4) is 0 Å². The molecule has 3 nitrogen and oxygen atoms in total. The van der Waals surface area contributed by atoms with Gasteiger partial charge in [-0.2, -0.15) is 0 Å². The van der Waals surface area contributed by atoms with Gasteiger partial charge < -0.3 is 0 Å². The maximum atomic E-state index is 10.8. The van der Waals surface area contributed by atoms with Crippen molar-refractivity contribution >= 4 is 34.3 Å². The molecule has 0 aliphatic carbocycles. The van der Waals surface area contributed by atoms with Crippen molar-refractivity contribution in [2.45, 2.75) is 4.90 Å². The van der Waals surface area contributed by atoms with Crippen LogP contribution in [0.15, 0.2) is 34.1 Å². The number of hydrogen-bond donors (Lipinski definition) is 1. The van der Waals surface area contributed by atoms with Gasteiger partial charge in [-0.1, -0.05) is 0 Å². The molecule has 2 aromatic rings. The minimum absolute atomic E-state index is 0.0168. The van der Waals surface area contributed by atoms with E-state index >= 15 is 0 Å². The molecule has 0 fully saturated rings. The minimum atomic E-state index is -4.04. The third-order valence-electron chi connectivity index (χ3n) is 1.73. The van der Waals surface area contributed by atoms with E-state index in [1.54, 1.807) is 6.07 Å². The average Bonchev–Trinajstić information content (AvgIpc) is 2.47. The van der Waals surface area contributed by atoms with Crippen LogP contribution in [-0.2, 0) is 10.1 Å². The Hall–Kier alpha value is -0.611. The van der Waals surface area contributed by atoms with Gasteiger partial charge in [0.2, 0.25) is 0 Å². The Balaban J connectivity index is 2.75. The second kappa shape index (κ2) is 2.96. The van der Waals surface area contributed by atoms with E-state index in [4.69, 9.17) is 4.55 Å². The molecule has 0 saturated heterocycles. The quantitative estimate of drug-likeness (QED) is 0.618. The fourth-order valence-corrected chi connectivity index (χ4v) is 3.51. The number of benzene rings is 1. The summed E-state index contributed by atoms with van der Waals surface area (Å²) >= 11 is 0.204. The summed E-state index contributed by atoms with van der Waals surface area (Å²) < 4.78 is 31.3. The molecule has 0 saturated carbocycles. The number of hydrogen-bond acceptors (Lipinski definition) is 2. The van der Waals surface area contributed by atoms with Crippen LogP contribution in [0.4, 0.5) is 0 Å². The van der Waals surface area contributed by atoms with Gasteiger partial charge in [-0.05, 0) is 0 Å². The van der Waals surface area contributed by atoms with Gasteiger partial charge in [-0.3, -0.25) is 0 Å². The first-order chi connectivity index (χ1) is 6.07. The van der Waals surface area contributed by atoms with E-state index in [0.29, 0.717) is 0 Å². The van der Waals surface area contributed by atoms with Crippen molar-refractivity contribution in [1.29, 1.82) is 0 Å². The van der Waals surface area contributed by atoms with Crippen LogP contribution in [0.3, 0.4) is 0 Å². The molecule has 13 heavy (non-hydrogen) atoms. The zero-order valence-corrected chi connectivity index (χ0v) is 9.00. The zero-order chi connectivity index (χ0) is 9.47. The van der Waals surface area contributed by atoms with E-state index in [9.17, 15) is 8.42 Å². The summed E-state index contributed by atoms with van der Waals surface area (Å²) in [5, 5.41) is 1.05. The Kier molecular flexibility index (Phi) is 2.04. The molecular weight excluding hydrogens is 255 g/mol. The van der Waals surface area contributed by atoms with E-state index in [1.165, 1.54) is 12.1 Å². The first-order valence-electron chi connectivity index (χ1n) is 3.52. The Labute approximate surface area is 81.5 Å². The van der Waals surface area contributed by atoms with Crippen molar-refractivity contribution in [1.82, 2.24) is 0 Å². The third-order valence-corrected chi connectivity index (χ3v) is 4.42. The molecular formula is C8H6O3SSe. The van der Waals surface area contributed by atoms with Crippen LogP contribution in [0, 0.1) is 0 Å². The van der Waals surface area contributed by atoms with Crippen molar-refractivity contribution in [2.24, 2.45) is 0 Å². The average molecular weight is 261 g/mol. The first-order valence-corrected chi connectivity index (χ1v) is 6.81. The molecule has 0 amide bonds. The molecule has 2 rings (SSSR count). The molecule has 0 aliphatic rings. The van der Waals surface area contributed by atoms with Gasteiger partial charge in [0.05, 0.1) is 0 Å². The molecule has 1 N–H and O–H groups in total. The summed E-state index contributed by atoms with van der Waals surface area (Å²) in [6, 6.07) is 6.62. The first kappa shape index (κ1) is 8.96. The molecule has 0 aliphatic heterocycles. The summed E-state index contributed by atoms with van der Waals surface area (Å²) in [5.74, 6) is 0. The predicted molar refractivity (Wildman–Crippen MR) is 50.7 cm³/mol. The molecule has 0 spiro atoms. The van der Waals surface area contributed by atoms with Crippen LogP contribution in [0.25, 0.3) is 9.65 Å². The standard InChI is InChI=1S/C8H6O3SSe/c9-12(10,11)7-2-1-6-3-4-13-8(6)5-7/h1-5H,(H,9,10,11). The molecule has 1 aromatic heterocycles. The second-order valence-electron chi connectivity index (χ2n) is 2.60. The molecule has 0 atom stereocenters. The summed E-state index contributed by atoms with van der Waals surface area (Å²) in [6.45, 7) is 0. The van der Waals surface area contributed by atoms with E-state index < -0.39 is 10.1 Å². The molecule has 0 unspecified atom stereocenters. The van der Waals surface area contributed by atoms with Crippen LogP contribution in [0.2, 0.25) is 0 Å². The van der Waals surface area contributed by atoms with Crippen LogP contribution in [0.1, 0.15) is 0 Å². The summed E-state index contributed by atoms with van der Waals surface area (Å²) in [6.07, 6.45) is 0. The van der Waals surface area contributed by atoms with Gasteiger partial charge in [0.25, 0.3) is 0 Å². The Morgan fingerprint density at radius 3 is 2.69 bits per heavy atom. The van der Waals surface area contributed by atoms with Crippen molar-refractivity contribution < 1.29 is 13.0 Å². The maximum absolute atomic E-state index is 10.8. The molecule has 68 valence electrons.